The average molecular weight is 410 g/mol. The second kappa shape index (κ2) is 7.61. The number of carbonyl (C=O) groups excluding carboxylic acids is 1. The number of amides is 1. The number of fused-ring (bicyclic) bond motifs is 1. The lowest BCUT2D eigenvalue weighted by Gasteiger charge is -2.20. The number of alkyl halides is 3. The molecule has 0 saturated carbocycles. The van der Waals surface area contributed by atoms with E-state index in [2.05, 4.69) is 11.6 Å². The van der Waals surface area contributed by atoms with Gasteiger partial charge >= 0.3 is 18.2 Å². The fourth-order valence-corrected chi connectivity index (χ4v) is 3.09. The fraction of sp³-hybridized carbons (Fsp3) is 0.316. The van der Waals surface area contributed by atoms with Crippen LogP contribution in [0.4, 0.5) is 18.0 Å². The van der Waals surface area contributed by atoms with E-state index < -0.39 is 36.1 Å². The number of carboxylic acid groups (broad SMARTS) is 1. The summed E-state index contributed by atoms with van der Waals surface area (Å²) in [5.74, 6) is -1.28. The highest BCUT2D eigenvalue weighted by Gasteiger charge is 2.42. The van der Waals surface area contributed by atoms with E-state index in [9.17, 15) is 27.9 Å². The highest BCUT2D eigenvalue weighted by atomic mass is 19.4. The number of para-hydroxylation sites is 1. The Kier molecular flexibility index (Phi) is 5.36. The molecule has 0 bridgehead atoms. The topological polar surface area (TPSA) is 89.0 Å². The Morgan fingerprint density at radius 2 is 2.00 bits per heavy atom. The molecule has 1 fully saturated rings. The Bertz CT molecular complexity index is 976. The van der Waals surface area contributed by atoms with E-state index in [4.69, 9.17) is 9.47 Å². The zero-order valence-electron chi connectivity index (χ0n) is 15.3. The quantitative estimate of drug-likeness (QED) is 0.771. The number of nitrogens with zero attached hydrogens (tertiary/aromatic N) is 2. The molecule has 1 aliphatic heterocycles. The van der Waals surface area contributed by atoms with Gasteiger partial charge < -0.3 is 14.6 Å². The lowest BCUT2D eigenvalue weighted by molar-refractivity contribution is -0.142. The van der Waals surface area contributed by atoms with Crippen LogP contribution in [-0.4, -0.2) is 45.7 Å². The summed E-state index contributed by atoms with van der Waals surface area (Å²) in [4.78, 5) is 28.2. The van der Waals surface area contributed by atoms with Crippen molar-refractivity contribution in [2.24, 2.45) is 0 Å². The number of pyridine rings is 1. The van der Waals surface area contributed by atoms with Crippen molar-refractivity contribution >= 4 is 23.0 Å². The molecule has 1 amide bonds. The molecule has 0 unspecified atom stereocenters. The van der Waals surface area contributed by atoms with Gasteiger partial charge in [0, 0.05) is 17.9 Å². The number of hydrogen-bond donors (Lipinski definition) is 1. The van der Waals surface area contributed by atoms with Crippen molar-refractivity contribution in [1.29, 1.82) is 0 Å². The predicted octanol–water partition coefficient (Wildman–Crippen LogP) is 3.83. The van der Waals surface area contributed by atoms with Crippen LogP contribution in [0.1, 0.15) is 19.0 Å². The minimum atomic E-state index is -4.68. The number of aliphatic carboxylic acids is 1. The van der Waals surface area contributed by atoms with E-state index in [0.717, 1.165) is 11.0 Å². The van der Waals surface area contributed by atoms with Gasteiger partial charge in [0.05, 0.1) is 17.8 Å². The Morgan fingerprint density at radius 1 is 1.31 bits per heavy atom. The molecule has 2 aromatic rings. The number of halogens is 3. The van der Waals surface area contributed by atoms with Gasteiger partial charge in [0.2, 0.25) is 0 Å². The van der Waals surface area contributed by atoms with Crippen LogP contribution in [-0.2, 0) is 15.7 Å². The summed E-state index contributed by atoms with van der Waals surface area (Å²) < 4.78 is 50.2. The van der Waals surface area contributed by atoms with E-state index in [0.29, 0.717) is 5.39 Å². The number of rotatable bonds is 4. The summed E-state index contributed by atoms with van der Waals surface area (Å²) in [6.45, 7) is 4.69. The van der Waals surface area contributed by atoms with Crippen molar-refractivity contribution in [3.63, 3.8) is 0 Å². The molecule has 1 N–H and O–H groups in total. The van der Waals surface area contributed by atoms with Crippen molar-refractivity contribution in [2.45, 2.75) is 31.7 Å². The van der Waals surface area contributed by atoms with Gasteiger partial charge in [-0.2, -0.15) is 13.2 Å². The summed E-state index contributed by atoms with van der Waals surface area (Å²) in [6.07, 6.45) is -6.55. The van der Waals surface area contributed by atoms with E-state index in [1.807, 2.05) is 0 Å². The van der Waals surface area contributed by atoms with Crippen LogP contribution in [0.2, 0.25) is 0 Å². The van der Waals surface area contributed by atoms with Crippen LogP contribution in [0, 0.1) is 0 Å². The van der Waals surface area contributed by atoms with Gasteiger partial charge in [0.25, 0.3) is 0 Å². The van der Waals surface area contributed by atoms with Crippen LogP contribution in [0.15, 0.2) is 42.7 Å². The second-order valence-electron chi connectivity index (χ2n) is 6.57. The number of ether oxygens (including phenoxy) is 2. The van der Waals surface area contributed by atoms with Gasteiger partial charge in [-0.1, -0.05) is 18.7 Å². The van der Waals surface area contributed by atoms with Gasteiger partial charge in [0.15, 0.2) is 0 Å². The van der Waals surface area contributed by atoms with Crippen molar-refractivity contribution in [2.75, 3.05) is 6.54 Å². The molecule has 2 atom stereocenters. The molecule has 1 aliphatic rings. The van der Waals surface area contributed by atoms with E-state index >= 15 is 0 Å². The van der Waals surface area contributed by atoms with Gasteiger partial charge in [-0.3, -0.25) is 4.90 Å². The van der Waals surface area contributed by atoms with Crippen molar-refractivity contribution in [3.05, 3.63) is 48.4 Å². The third-order valence-electron chi connectivity index (χ3n) is 4.31. The van der Waals surface area contributed by atoms with Crippen LogP contribution >= 0.6 is 0 Å². The van der Waals surface area contributed by atoms with Gasteiger partial charge in [-0.15, -0.1) is 0 Å². The highest BCUT2D eigenvalue weighted by Crippen LogP contribution is 2.35. The number of likely N-dealkylation sites (tertiary alicyclic amines) is 1. The van der Waals surface area contributed by atoms with E-state index in [1.54, 1.807) is 18.2 Å². The number of allylic oxidation sites excluding steroid dienone is 1. The molecule has 3 rings (SSSR count). The molecular formula is C19H17F3N2O5. The maximum Gasteiger partial charge on any atom is 0.433 e. The van der Waals surface area contributed by atoms with Gasteiger partial charge in [-0.05, 0) is 19.1 Å². The Morgan fingerprint density at radius 3 is 2.62 bits per heavy atom. The summed E-state index contributed by atoms with van der Waals surface area (Å²) in [5.41, 5.74) is -1.04. The normalized spacial score (nSPS) is 19.2. The lowest BCUT2D eigenvalue weighted by atomic mass is 10.1. The zero-order chi connectivity index (χ0) is 21.3. The van der Waals surface area contributed by atoms with Crippen LogP contribution in [0.3, 0.4) is 0 Å². The Balaban J connectivity index is 1.91. The first-order chi connectivity index (χ1) is 13.6. The lowest BCUT2D eigenvalue weighted by Crippen LogP contribution is -2.40. The van der Waals surface area contributed by atoms with Crippen LogP contribution < -0.4 is 4.74 Å². The summed E-state index contributed by atoms with van der Waals surface area (Å²) in [7, 11) is 0. The Labute approximate surface area is 163 Å². The predicted molar refractivity (Wildman–Crippen MR) is 95.2 cm³/mol. The third-order valence-corrected chi connectivity index (χ3v) is 4.31. The minimum Gasteiger partial charge on any atom is -0.488 e. The number of benzene rings is 1. The first kappa shape index (κ1) is 20.4. The molecule has 0 aliphatic carbocycles. The third kappa shape index (κ3) is 4.41. The molecule has 1 saturated heterocycles. The van der Waals surface area contributed by atoms with Crippen LogP contribution in [0.5, 0.6) is 5.75 Å². The van der Waals surface area contributed by atoms with E-state index in [1.165, 1.54) is 13.0 Å². The number of carboxylic acids is 1. The first-order valence-corrected chi connectivity index (χ1v) is 8.56. The maximum absolute atomic E-state index is 13.2. The minimum absolute atomic E-state index is 0.0819. The fourth-order valence-electron chi connectivity index (χ4n) is 3.09. The number of carbonyl (C=O) groups is 2. The number of hydrogen-bond acceptors (Lipinski definition) is 5. The van der Waals surface area contributed by atoms with Crippen LogP contribution in [0.25, 0.3) is 10.9 Å². The van der Waals surface area contributed by atoms with Gasteiger partial charge in [0.1, 0.15) is 23.6 Å². The van der Waals surface area contributed by atoms with Crippen molar-refractivity contribution in [1.82, 2.24) is 9.88 Å². The molecule has 1 aromatic carbocycles. The molecule has 0 spiro atoms. The molecule has 1 aromatic heterocycles. The maximum atomic E-state index is 13.2. The molecule has 10 heteroatoms. The zero-order valence-corrected chi connectivity index (χ0v) is 15.3. The largest absolute Gasteiger partial charge is 0.488 e. The highest BCUT2D eigenvalue weighted by molar-refractivity contribution is 5.85. The molecule has 7 nitrogen and oxygen atoms in total. The van der Waals surface area contributed by atoms with E-state index in [-0.39, 0.29) is 30.0 Å². The first-order valence-electron chi connectivity index (χ1n) is 8.56. The molecule has 2 heterocycles. The standard InChI is InChI=1S/C19H17F3N2O5/c1-10(2)28-18(27)24-9-11(7-14(24)17(25)26)29-15-8-16(19(20,21)22)23-13-6-4-3-5-12(13)15/h3-6,8,11,14H,1,7,9H2,2H3,(H,25,26)/t11-,14+/m1/s1. The monoisotopic (exact) mass is 410 g/mol. The van der Waals surface area contributed by atoms with Gasteiger partial charge in [-0.25, -0.2) is 14.6 Å². The number of aromatic nitrogens is 1. The smallest absolute Gasteiger partial charge is 0.433 e. The molecular weight excluding hydrogens is 393 g/mol. The summed E-state index contributed by atoms with van der Waals surface area (Å²) in [5, 5.41) is 9.73. The Hall–Kier alpha value is -3.30. The van der Waals surface area contributed by atoms with Crippen molar-refractivity contribution in [3.8, 4) is 5.75 Å². The SMILES string of the molecule is C=C(C)OC(=O)N1C[C@H](Oc2cc(C(F)(F)F)nc3ccccc23)C[C@H]1C(=O)O. The molecule has 29 heavy (non-hydrogen) atoms. The molecule has 0 radical (unpaired) electrons. The summed E-state index contributed by atoms with van der Waals surface area (Å²) in [6, 6.07) is 5.67. The van der Waals surface area contributed by atoms with Crippen molar-refractivity contribution < 1.29 is 37.3 Å². The summed E-state index contributed by atoms with van der Waals surface area (Å²) >= 11 is 0. The second-order valence-corrected chi connectivity index (χ2v) is 6.57. The molecule has 154 valence electrons. The average Bonchev–Trinajstić information content (AvgIpc) is 3.04.